The first-order valence-electron chi connectivity index (χ1n) is 17.9. The summed E-state index contributed by atoms with van der Waals surface area (Å²) in [5, 5.41) is 8.24. The summed E-state index contributed by atoms with van der Waals surface area (Å²) in [5.41, 5.74) is -0.328. The molecule has 0 bridgehead atoms. The number of aromatic nitrogens is 2. The summed E-state index contributed by atoms with van der Waals surface area (Å²) >= 11 is 0. The second-order valence-electron chi connectivity index (χ2n) is 16.1. The van der Waals surface area contributed by atoms with E-state index >= 15 is 0 Å². The van der Waals surface area contributed by atoms with E-state index < -0.39 is 61.1 Å². The maximum Gasteiger partial charge on any atom is 0.412 e. The molecule has 0 saturated carbocycles. The zero-order valence-corrected chi connectivity index (χ0v) is 33.1. The molecular weight excluding hydrogens is 709 g/mol. The molecule has 2 amide bonds. The van der Waals surface area contributed by atoms with Crippen LogP contribution in [0.5, 0.6) is 0 Å². The van der Waals surface area contributed by atoms with Gasteiger partial charge in [0.2, 0.25) is 5.60 Å². The van der Waals surface area contributed by atoms with Gasteiger partial charge in [-0.2, -0.15) is 0 Å². The molecule has 2 aromatic heterocycles. The quantitative estimate of drug-likeness (QED) is 0.126. The van der Waals surface area contributed by atoms with Gasteiger partial charge in [-0.1, -0.05) is 55.5 Å². The molecule has 0 spiro atoms. The summed E-state index contributed by atoms with van der Waals surface area (Å²) in [6.45, 7) is 15.9. The highest BCUT2D eigenvalue weighted by molar-refractivity contribution is 7.02. The van der Waals surface area contributed by atoms with Gasteiger partial charge in [0.15, 0.2) is 0 Å². The highest BCUT2D eigenvalue weighted by atomic mass is 28.3. The van der Waals surface area contributed by atoms with E-state index in [9.17, 15) is 24.0 Å². The fraction of sp³-hybridized carbons (Fsp3) is 0.400. The van der Waals surface area contributed by atoms with Crippen molar-refractivity contribution in [1.82, 2.24) is 14.9 Å². The van der Waals surface area contributed by atoms with E-state index in [1.165, 1.54) is 0 Å². The van der Waals surface area contributed by atoms with Gasteiger partial charge < -0.3 is 28.8 Å². The number of anilines is 1. The van der Waals surface area contributed by atoms with Crippen molar-refractivity contribution >= 4 is 59.2 Å². The molecule has 284 valence electrons. The van der Waals surface area contributed by atoms with Gasteiger partial charge in [0.25, 0.3) is 5.56 Å². The van der Waals surface area contributed by atoms with Gasteiger partial charge in [-0.15, -0.1) is 0 Å². The van der Waals surface area contributed by atoms with Crippen molar-refractivity contribution in [3.05, 3.63) is 81.6 Å². The Morgan fingerprint density at radius 2 is 1.59 bits per heavy atom. The SMILES string of the molecule is CCC1(OC(=O)CNC(=O)OC(C)(C)C)C(=O)OCc2c1cc1n(c2=O)Cc2c-1nc1ccc(NC(=O)OC(C)(C)C)cc1c2[Si](C)(C)c1ccccc1. The molecule has 0 aliphatic carbocycles. The van der Waals surface area contributed by atoms with E-state index in [1.54, 1.807) is 65.2 Å². The molecule has 2 aliphatic rings. The number of hydrogen-bond acceptors (Lipinski definition) is 10. The highest BCUT2D eigenvalue weighted by Crippen LogP contribution is 2.41. The number of carbonyl (C=O) groups is 4. The first-order chi connectivity index (χ1) is 25.2. The summed E-state index contributed by atoms with van der Waals surface area (Å²) in [6.07, 6.45) is -1.45. The van der Waals surface area contributed by atoms with Crippen LogP contribution >= 0.6 is 0 Å². The number of nitrogens with zero attached hydrogens (tertiary/aromatic N) is 2. The van der Waals surface area contributed by atoms with E-state index in [0.29, 0.717) is 22.6 Å². The molecule has 14 heteroatoms. The third-order valence-corrected chi connectivity index (χ3v) is 13.1. The summed E-state index contributed by atoms with van der Waals surface area (Å²) in [6, 6.07) is 17.4. The fourth-order valence-electron chi connectivity index (χ4n) is 7.14. The minimum Gasteiger partial charge on any atom is -0.457 e. The Kier molecular flexibility index (Phi) is 9.72. The largest absolute Gasteiger partial charge is 0.457 e. The van der Waals surface area contributed by atoms with Crippen molar-refractivity contribution in [1.29, 1.82) is 0 Å². The number of esters is 2. The first-order valence-corrected chi connectivity index (χ1v) is 20.9. The molecule has 4 heterocycles. The maximum atomic E-state index is 14.4. The van der Waals surface area contributed by atoms with Crippen LogP contribution in [-0.4, -0.2) is 59.5 Å². The lowest BCUT2D eigenvalue weighted by atomic mass is 9.85. The lowest BCUT2D eigenvalue weighted by Gasteiger charge is -2.35. The first kappa shape index (κ1) is 38.2. The maximum absolute atomic E-state index is 14.4. The molecule has 0 fully saturated rings. The monoisotopic (exact) mass is 754 g/mol. The predicted octanol–water partition coefficient (Wildman–Crippen LogP) is 5.32. The number of ether oxygens (including phenoxy) is 4. The molecule has 13 nitrogen and oxygen atoms in total. The Bertz CT molecular complexity index is 2250. The number of carbonyl (C=O) groups excluding carboxylic acids is 4. The van der Waals surface area contributed by atoms with Gasteiger partial charge in [-0.3, -0.25) is 14.9 Å². The van der Waals surface area contributed by atoms with E-state index in [2.05, 4.69) is 35.9 Å². The highest BCUT2D eigenvalue weighted by Gasteiger charge is 2.51. The van der Waals surface area contributed by atoms with Gasteiger partial charge in [0, 0.05) is 22.2 Å². The number of rotatable bonds is 7. The van der Waals surface area contributed by atoms with E-state index in [0.717, 1.165) is 21.3 Å². The molecule has 0 radical (unpaired) electrons. The van der Waals surface area contributed by atoms with E-state index in [-0.39, 0.29) is 30.7 Å². The van der Waals surface area contributed by atoms with Gasteiger partial charge >= 0.3 is 24.1 Å². The Morgan fingerprint density at radius 3 is 2.24 bits per heavy atom. The Hall–Kier alpha value is -5.50. The van der Waals surface area contributed by atoms with Gasteiger partial charge in [-0.25, -0.2) is 19.4 Å². The number of fused-ring (bicyclic) bond motifs is 5. The van der Waals surface area contributed by atoms with Crippen LogP contribution in [0.3, 0.4) is 0 Å². The second-order valence-corrected chi connectivity index (χ2v) is 20.4. The molecule has 54 heavy (non-hydrogen) atoms. The Balaban J connectivity index is 1.48. The van der Waals surface area contributed by atoms with Crippen LogP contribution in [0.15, 0.2) is 59.4 Å². The number of hydrogen-bond donors (Lipinski definition) is 2. The number of nitrogens with one attached hydrogen (secondary N) is 2. The summed E-state index contributed by atoms with van der Waals surface area (Å²) in [4.78, 5) is 71.3. The van der Waals surface area contributed by atoms with E-state index in [4.69, 9.17) is 23.9 Å². The molecule has 1 unspecified atom stereocenters. The van der Waals surface area contributed by atoms with Crippen molar-refractivity contribution in [3.8, 4) is 11.4 Å². The summed E-state index contributed by atoms with van der Waals surface area (Å²) < 4.78 is 23.7. The van der Waals surface area contributed by atoms with Crippen LogP contribution in [0.1, 0.15) is 71.6 Å². The van der Waals surface area contributed by atoms with Crippen LogP contribution in [-0.2, 0) is 47.3 Å². The number of alkyl carbamates (subject to hydrolysis) is 1. The minimum atomic E-state index is -2.56. The van der Waals surface area contributed by atoms with Crippen LogP contribution in [0.2, 0.25) is 13.1 Å². The molecule has 4 aromatic rings. The van der Waals surface area contributed by atoms with Crippen molar-refractivity contribution in [3.63, 3.8) is 0 Å². The molecule has 2 aromatic carbocycles. The van der Waals surface area contributed by atoms with Crippen molar-refractivity contribution in [2.75, 3.05) is 11.9 Å². The lowest BCUT2D eigenvalue weighted by molar-refractivity contribution is -0.188. The lowest BCUT2D eigenvalue weighted by Crippen LogP contribution is -2.54. The average Bonchev–Trinajstić information content (AvgIpc) is 3.44. The molecular formula is C40H46N4O9Si. The van der Waals surface area contributed by atoms with Crippen LogP contribution in [0.25, 0.3) is 22.3 Å². The molecule has 6 rings (SSSR count). The van der Waals surface area contributed by atoms with Crippen LogP contribution in [0, 0.1) is 0 Å². The third kappa shape index (κ3) is 7.22. The Morgan fingerprint density at radius 1 is 0.926 bits per heavy atom. The fourth-order valence-corrected chi connectivity index (χ4v) is 10.3. The molecule has 2 N–H and O–H groups in total. The summed E-state index contributed by atoms with van der Waals surface area (Å²) in [7, 11) is -2.56. The molecule has 2 aliphatic heterocycles. The standard InChI is InChI=1S/C40H46N4O9Si/c1-10-40(51-31(45)20-41-36(48)52-38(2,3)4)28-19-30-32-26(21-44(30)34(46)27(28)22-50-35(40)47)33(54(8,9)24-14-12-11-13-15-24)25-18-23(16-17-29(25)43-32)42-37(49)53-39(5,6)7/h11-19H,10,20-22H2,1-9H3,(H,41,48)(H,42,49). The third-order valence-electron chi connectivity index (χ3n) is 9.48. The second kappa shape index (κ2) is 13.7. The zero-order chi connectivity index (χ0) is 39.4. The topological polar surface area (TPSA) is 164 Å². The van der Waals surface area contributed by atoms with Crippen LogP contribution < -0.4 is 26.6 Å². The van der Waals surface area contributed by atoms with E-state index in [1.807, 2.05) is 30.3 Å². The Labute approximate surface area is 314 Å². The normalized spacial score (nSPS) is 16.4. The van der Waals surface area contributed by atoms with Crippen molar-refractivity contribution in [2.24, 2.45) is 0 Å². The molecule has 1 atom stereocenters. The number of amides is 2. The van der Waals surface area contributed by atoms with Crippen LogP contribution in [0.4, 0.5) is 15.3 Å². The summed E-state index contributed by atoms with van der Waals surface area (Å²) in [5.74, 6) is -1.73. The number of pyridine rings is 2. The van der Waals surface area contributed by atoms with Gasteiger partial charge in [-0.05, 0) is 77.4 Å². The molecule has 0 saturated heterocycles. The van der Waals surface area contributed by atoms with Gasteiger partial charge in [0.1, 0.15) is 32.4 Å². The van der Waals surface area contributed by atoms with Crippen molar-refractivity contribution in [2.45, 2.75) is 97.9 Å². The smallest absolute Gasteiger partial charge is 0.412 e. The van der Waals surface area contributed by atoms with Gasteiger partial charge in [0.05, 0.1) is 29.0 Å². The number of benzene rings is 2. The zero-order valence-electron chi connectivity index (χ0n) is 32.1. The number of cyclic esters (lactones) is 1. The minimum absolute atomic E-state index is 0.0372. The predicted molar refractivity (Wildman–Crippen MR) is 206 cm³/mol. The average molecular weight is 755 g/mol. The van der Waals surface area contributed by atoms with Crippen molar-refractivity contribution < 1.29 is 38.1 Å².